The Morgan fingerprint density at radius 2 is 1.43 bits per heavy atom. The molecule has 5 nitrogen and oxygen atoms in total. The van der Waals surface area contributed by atoms with Crippen LogP contribution in [0.1, 0.15) is 78.9 Å². The van der Waals surface area contributed by atoms with Crippen LogP contribution in [-0.2, 0) is 10.3 Å². The van der Waals surface area contributed by atoms with Gasteiger partial charge in [-0.25, -0.2) is 0 Å². The van der Waals surface area contributed by atoms with Gasteiger partial charge in [0.1, 0.15) is 0 Å². The van der Waals surface area contributed by atoms with Gasteiger partial charge >= 0.3 is 0 Å². The molecule has 3 fully saturated rings. The first kappa shape index (κ1) is 33.0. The lowest BCUT2D eigenvalue weighted by atomic mass is 9.79. The van der Waals surface area contributed by atoms with Gasteiger partial charge in [0.2, 0.25) is 5.91 Å². The van der Waals surface area contributed by atoms with Crippen molar-refractivity contribution in [2.24, 2.45) is 5.92 Å². The molecule has 3 aliphatic rings. The smallest absolute Gasteiger partial charge is 0.223 e. The predicted octanol–water partition coefficient (Wildman–Crippen LogP) is 8.10. The predicted molar refractivity (Wildman–Crippen MR) is 181 cm³/mol. The number of Topliss-reactive ketones (excluding diaryl/α,β-unsaturated/α-hetero) is 1. The van der Waals surface area contributed by atoms with Gasteiger partial charge in [0.15, 0.2) is 5.78 Å². The molecule has 2 atom stereocenters. The number of halogens is 3. The van der Waals surface area contributed by atoms with Crippen molar-refractivity contribution in [3.05, 3.63) is 106 Å². The van der Waals surface area contributed by atoms with Crippen LogP contribution >= 0.6 is 35.6 Å². The van der Waals surface area contributed by atoms with Crippen LogP contribution in [0.2, 0.25) is 10.0 Å². The zero-order valence-electron chi connectivity index (χ0n) is 25.1. The molecule has 2 aliphatic heterocycles. The number of ketones is 1. The first-order chi connectivity index (χ1) is 20.9. The second-order valence-corrected chi connectivity index (χ2v) is 13.3. The van der Waals surface area contributed by atoms with Gasteiger partial charge in [-0.3, -0.25) is 19.4 Å². The van der Waals surface area contributed by atoms with E-state index in [1.165, 1.54) is 12.0 Å². The third kappa shape index (κ3) is 7.51. The van der Waals surface area contributed by atoms with E-state index in [9.17, 15) is 9.59 Å². The highest BCUT2D eigenvalue weighted by atomic mass is 35.5. The maximum absolute atomic E-state index is 14.1. The van der Waals surface area contributed by atoms with Gasteiger partial charge in [0.05, 0.1) is 21.6 Å². The molecule has 1 saturated carbocycles. The molecule has 0 bridgehead atoms. The first-order valence-corrected chi connectivity index (χ1v) is 16.6. The Morgan fingerprint density at radius 1 is 0.795 bits per heavy atom. The van der Waals surface area contributed by atoms with Gasteiger partial charge in [-0.15, -0.1) is 12.4 Å². The molecular weight excluding hydrogens is 613 g/mol. The second-order valence-electron chi connectivity index (χ2n) is 12.5. The fourth-order valence-electron chi connectivity index (χ4n) is 7.02. The summed E-state index contributed by atoms with van der Waals surface area (Å²) in [6.45, 7) is 3.44. The SMILES string of the molecule is Cl.O=C(NC1(c2ccccc2)CCN(C(CC(C(=O)c2ccccc2)N2CCCCC2)c2ccc(Cl)c(Cl)c2)CC1)C1CC1. The molecule has 3 aromatic carbocycles. The summed E-state index contributed by atoms with van der Waals surface area (Å²) in [5.41, 5.74) is 2.60. The van der Waals surface area contributed by atoms with Crippen LogP contribution in [0.4, 0.5) is 0 Å². The van der Waals surface area contributed by atoms with Crippen molar-refractivity contribution in [3.8, 4) is 0 Å². The van der Waals surface area contributed by atoms with Gasteiger partial charge in [0.25, 0.3) is 0 Å². The van der Waals surface area contributed by atoms with Crippen LogP contribution in [0, 0.1) is 5.92 Å². The van der Waals surface area contributed by atoms with Crippen molar-refractivity contribution in [3.63, 3.8) is 0 Å². The fraction of sp³-hybridized carbons (Fsp3) is 0.444. The highest BCUT2D eigenvalue weighted by molar-refractivity contribution is 6.42. The molecule has 234 valence electrons. The average Bonchev–Trinajstić information content (AvgIpc) is 3.91. The molecule has 2 heterocycles. The standard InChI is InChI=1S/C36H41Cl2N3O2.ClH/c37-30-17-16-28(24-31(30)38)32(25-33(40-20-8-3-9-21-40)34(42)26-10-4-1-5-11-26)41-22-18-36(19-23-41,29-12-6-2-7-13-29)39-35(43)27-14-15-27;/h1-2,4-7,10-13,16-17,24,27,32-33H,3,8-9,14-15,18-23,25H2,(H,39,43);1H. The van der Waals surface area contributed by atoms with E-state index in [1.807, 2.05) is 48.5 Å². The molecular formula is C36H42Cl3N3O2. The van der Waals surface area contributed by atoms with Crippen molar-refractivity contribution in [1.29, 1.82) is 0 Å². The van der Waals surface area contributed by atoms with Crippen LogP contribution in [0.25, 0.3) is 0 Å². The van der Waals surface area contributed by atoms with Crippen LogP contribution in [0.15, 0.2) is 78.9 Å². The van der Waals surface area contributed by atoms with Crippen LogP contribution < -0.4 is 5.32 Å². The molecule has 44 heavy (non-hydrogen) atoms. The lowest BCUT2D eigenvalue weighted by Crippen LogP contribution is -2.54. The number of benzene rings is 3. The van der Waals surface area contributed by atoms with E-state index in [2.05, 4.69) is 45.4 Å². The number of piperidine rings is 2. The molecule has 2 unspecified atom stereocenters. The summed E-state index contributed by atoms with van der Waals surface area (Å²) >= 11 is 12.9. The molecule has 8 heteroatoms. The van der Waals surface area contributed by atoms with E-state index in [1.54, 1.807) is 0 Å². The molecule has 6 rings (SSSR count). The number of hydrogen-bond donors (Lipinski definition) is 1. The largest absolute Gasteiger partial charge is 0.346 e. The third-order valence-corrected chi connectivity index (χ3v) is 10.4. The lowest BCUT2D eigenvalue weighted by molar-refractivity contribution is -0.125. The fourth-order valence-corrected chi connectivity index (χ4v) is 7.32. The van der Waals surface area contributed by atoms with Gasteiger partial charge in [-0.2, -0.15) is 0 Å². The Balaban J connectivity index is 0.00000384. The monoisotopic (exact) mass is 653 g/mol. The van der Waals surface area contributed by atoms with Gasteiger partial charge in [-0.05, 0) is 81.3 Å². The topological polar surface area (TPSA) is 52.7 Å². The Labute approximate surface area is 277 Å². The third-order valence-electron chi connectivity index (χ3n) is 9.70. The minimum atomic E-state index is -0.397. The molecule has 1 amide bonds. The number of likely N-dealkylation sites (tertiary alicyclic amines) is 2. The van der Waals surface area contributed by atoms with Crippen molar-refractivity contribution < 1.29 is 9.59 Å². The van der Waals surface area contributed by atoms with Crippen molar-refractivity contribution in [2.45, 2.75) is 69.0 Å². The molecule has 0 spiro atoms. The van der Waals surface area contributed by atoms with E-state index in [4.69, 9.17) is 23.2 Å². The van der Waals surface area contributed by atoms with Crippen molar-refractivity contribution in [2.75, 3.05) is 26.2 Å². The first-order valence-electron chi connectivity index (χ1n) is 15.8. The van der Waals surface area contributed by atoms with Gasteiger partial charge in [0, 0.05) is 30.6 Å². The van der Waals surface area contributed by atoms with E-state index >= 15 is 0 Å². The van der Waals surface area contributed by atoms with E-state index in [0.29, 0.717) is 16.5 Å². The Morgan fingerprint density at radius 3 is 2.05 bits per heavy atom. The summed E-state index contributed by atoms with van der Waals surface area (Å²) < 4.78 is 0. The van der Waals surface area contributed by atoms with Crippen molar-refractivity contribution in [1.82, 2.24) is 15.1 Å². The maximum Gasteiger partial charge on any atom is 0.223 e. The number of amides is 1. The summed E-state index contributed by atoms with van der Waals surface area (Å²) in [6, 6.07) is 25.8. The number of carbonyl (C=O) groups excluding carboxylic acids is 2. The highest BCUT2D eigenvalue weighted by Crippen LogP contribution is 2.41. The Kier molecular flexibility index (Phi) is 11.1. The Hall–Kier alpha value is -2.41. The average molecular weight is 655 g/mol. The van der Waals surface area contributed by atoms with Crippen LogP contribution in [-0.4, -0.2) is 53.7 Å². The van der Waals surface area contributed by atoms with E-state index in [0.717, 1.165) is 75.8 Å². The number of nitrogens with one attached hydrogen (secondary N) is 1. The van der Waals surface area contributed by atoms with E-state index < -0.39 is 5.54 Å². The minimum Gasteiger partial charge on any atom is -0.346 e. The maximum atomic E-state index is 14.1. The summed E-state index contributed by atoms with van der Waals surface area (Å²) in [6.07, 6.45) is 7.66. The number of hydrogen-bond acceptors (Lipinski definition) is 4. The summed E-state index contributed by atoms with van der Waals surface area (Å²) in [5.74, 6) is 0.508. The minimum absolute atomic E-state index is 0. The van der Waals surface area contributed by atoms with Crippen LogP contribution in [0.5, 0.6) is 0 Å². The summed E-state index contributed by atoms with van der Waals surface area (Å²) in [4.78, 5) is 32.1. The number of nitrogens with zero attached hydrogens (tertiary/aromatic N) is 2. The van der Waals surface area contributed by atoms with E-state index in [-0.39, 0.29) is 42.1 Å². The normalized spacial score (nSPS) is 20.2. The molecule has 2 saturated heterocycles. The van der Waals surface area contributed by atoms with Crippen molar-refractivity contribution >= 4 is 47.3 Å². The number of rotatable bonds is 10. The highest BCUT2D eigenvalue weighted by Gasteiger charge is 2.43. The lowest BCUT2D eigenvalue weighted by Gasteiger charge is -2.46. The summed E-state index contributed by atoms with van der Waals surface area (Å²) in [5, 5.41) is 4.55. The molecule has 3 aromatic rings. The molecule has 1 N–H and O–H groups in total. The molecule has 0 radical (unpaired) electrons. The van der Waals surface area contributed by atoms with Crippen LogP contribution in [0.3, 0.4) is 0 Å². The second kappa shape index (κ2) is 14.8. The zero-order chi connectivity index (χ0) is 29.8. The Bertz CT molecular complexity index is 1400. The quantitative estimate of drug-likeness (QED) is 0.225. The zero-order valence-corrected chi connectivity index (χ0v) is 27.4. The summed E-state index contributed by atoms with van der Waals surface area (Å²) in [7, 11) is 0. The van der Waals surface area contributed by atoms with Gasteiger partial charge < -0.3 is 5.32 Å². The molecule has 0 aromatic heterocycles. The molecule has 1 aliphatic carbocycles. The van der Waals surface area contributed by atoms with Gasteiger partial charge in [-0.1, -0.05) is 96.4 Å². The number of carbonyl (C=O) groups is 2.